The second-order valence-electron chi connectivity index (χ2n) is 3.91. The first-order valence-electron chi connectivity index (χ1n) is 5.27. The predicted octanol–water partition coefficient (Wildman–Crippen LogP) is 1.28. The van der Waals surface area contributed by atoms with Crippen molar-refractivity contribution in [2.75, 3.05) is 27.1 Å². The highest BCUT2D eigenvalue weighted by Crippen LogP contribution is 2.31. The second-order valence-corrected chi connectivity index (χ2v) is 3.91. The van der Waals surface area contributed by atoms with Gasteiger partial charge in [-0.1, -0.05) is 12.1 Å². The van der Waals surface area contributed by atoms with Crippen LogP contribution in [-0.2, 0) is 15.1 Å². The topological polar surface area (TPSA) is 47.9 Å². The molecule has 1 aliphatic heterocycles. The van der Waals surface area contributed by atoms with E-state index < -0.39 is 5.60 Å². The molecule has 4 nitrogen and oxygen atoms in total. The van der Waals surface area contributed by atoms with Crippen molar-refractivity contribution >= 4 is 0 Å². The zero-order chi connectivity index (χ0) is 11.4. The SMILES string of the molecule is COCOc1cccc(C2(O)CCOC2)c1. The molecule has 0 spiro atoms. The quantitative estimate of drug-likeness (QED) is 0.783. The summed E-state index contributed by atoms with van der Waals surface area (Å²) in [4.78, 5) is 0. The minimum Gasteiger partial charge on any atom is -0.468 e. The fraction of sp³-hybridized carbons (Fsp3) is 0.500. The Hall–Kier alpha value is -1.10. The van der Waals surface area contributed by atoms with Gasteiger partial charge in [-0.05, 0) is 17.7 Å². The molecule has 0 amide bonds. The van der Waals surface area contributed by atoms with Gasteiger partial charge < -0.3 is 19.3 Å². The number of rotatable bonds is 4. The fourth-order valence-electron chi connectivity index (χ4n) is 1.78. The van der Waals surface area contributed by atoms with Crippen molar-refractivity contribution in [2.24, 2.45) is 0 Å². The first kappa shape index (κ1) is 11.4. The minimum absolute atomic E-state index is 0.207. The molecule has 1 fully saturated rings. The van der Waals surface area contributed by atoms with Crippen molar-refractivity contribution < 1.29 is 19.3 Å². The van der Waals surface area contributed by atoms with Crippen LogP contribution in [-0.4, -0.2) is 32.2 Å². The third-order valence-corrected chi connectivity index (χ3v) is 2.72. The van der Waals surface area contributed by atoms with Crippen molar-refractivity contribution in [3.05, 3.63) is 29.8 Å². The lowest BCUT2D eigenvalue weighted by Gasteiger charge is -2.21. The Bertz CT molecular complexity index is 345. The average molecular weight is 224 g/mol. The van der Waals surface area contributed by atoms with Crippen LogP contribution in [0.3, 0.4) is 0 Å². The highest BCUT2D eigenvalue weighted by atomic mass is 16.7. The van der Waals surface area contributed by atoms with Crippen molar-refractivity contribution in [3.63, 3.8) is 0 Å². The Morgan fingerprint density at radius 2 is 2.38 bits per heavy atom. The summed E-state index contributed by atoms with van der Waals surface area (Å²) in [5, 5.41) is 10.3. The summed E-state index contributed by atoms with van der Waals surface area (Å²) in [6, 6.07) is 7.40. The molecule has 0 radical (unpaired) electrons. The second kappa shape index (κ2) is 4.82. The summed E-state index contributed by atoms with van der Waals surface area (Å²) in [5.74, 6) is 0.694. The van der Waals surface area contributed by atoms with Crippen molar-refractivity contribution in [1.29, 1.82) is 0 Å². The van der Waals surface area contributed by atoms with Crippen molar-refractivity contribution in [3.8, 4) is 5.75 Å². The van der Waals surface area contributed by atoms with Gasteiger partial charge in [-0.2, -0.15) is 0 Å². The van der Waals surface area contributed by atoms with Crippen LogP contribution in [0.25, 0.3) is 0 Å². The van der Waals surface area contributed by atoms with Crippen LogP contribution in [0.15, 0.2) is 24.3 Å². The molecular formula is C12H16O4. The van der Waals surface area contributed by atoms with Gasteiger partial charge in [0.05, 0.1) is 6.61 Å². The Morgan fingerprint density at radius 1 is 1.50 bits per heavy atom. The third kappa shape index (κ3) is 2.35. The number of aliphatic hydroxyl groups is 1. The first-order chi connectivity index (χ1) is 7.74. The molecule has 1 aromatic rings. The average Bonchev–Trinajstić information content (AvgIpc) is 2.75. The van der Waals surface area contributed by atoms with Crippen LogP contribution >= 0.6 is 0 Å². The minimum atomic E-state index is -0.869. The van der Waals surface area contributed by atoms with Gasteiger partial charge in [-0.3, -0.25) is 0 Å². The zero-order valence-electron chi connectivity index (χ0n) is 9.31. The molecule has 4 heteroatoms. The van der Waals surface area contributed by atoms with E-state index in [0.29, 0.717) is 25.4 Å². The van der Waals surface area contributed by atoms with Crippen LogP contribution in [0.1, 0.15) is 12.0 Å². The van der Waals surface area contributed by atoms with E-state index in [4.69, 9.17) is 14.2 Å². The number of ether oxygens (including phenoxy) is 3. The highest BCUT2D eigenvalue weighted by molar-refractivity contribution is 5.32. The maximum atomic E-state index is 10.3. The lowest BCUT2D eigenvalue weighted by atomic mass is 9.93. The van der Waals surface area contributed by atoms with E-state index >= 15 is 0 Å². The molecule has 1 unspecified atom stereocenters. The van der Waals surface area contributed by atoms with E-state index in [1.807, 2.05) is 24.3 Å². The molecule has 0 bridgehead atoms. The van der Waals surface area contributed by atoms with Gasteiger partial charge in [0.1, 0.15) is 11.4 Å². The van der Waals surface area contributed by atoms with Crippen LogP contribution in [0, 0.1) is 0 Å². The number of methoxy groups -OCH3 is 1. The molecule has 0 aromatic heterocycles. The summed E-state index contributed by atoms with van der Waals surface area (Å²) < 4.78 is 15.4. The molecule has 1 saturated heterocycles. The largest absolute Gasteiger partial charge is 0.468 e. The number of hydrogen-bond donors (Lipinski definition) is 1. The van der Waals surface area contributed by atoms with Gasteiger partial charge in [-0.25, -0.2) is 0 Å². The Morgan fingerprint density at radius 3 is 3.06 bits per heavy atom. The normalized spacial score (nSPS) is 24.6. The molecular weight excluding hydrogens is 208 g/mol. The van der Waals surface area contributed by atoms with Crippen molar-refractivity contribution in [2.45, 2.75) is 12.0 Å². The fourth-order valence-corrected chi connectivity index (χ4v) is 1.78. The maximum absolute atomic E-state index is 10.3. The van der Waals surface area contributed by atoms with E-state index in [9.17, 15) is 5.11 Å². The lowest BCUT2D eigenvalue weighted by molar-refractivity contribution is 0.0220. The van der Waals surface area contributed by atoms with Crippen LogP contribution in [0.4, 0.5) is 0 Å². The number of hydrogen-bond acceptors (Lipinski definition) is 4. The summed E-state index contributed by atoms with van der Waals surface area (Å²) in [6.45, 7) is 1.15. The van der Waals surface area contributed by atoms with E-state index in [-0.39, 0.29) is 6.79 Å². The zero-order valence-corrected chi connectivity index (χ0v) is 9.31. The van der Waals surface area contributed by atoms with Gasteiger partial charge in [0.15, 0.2) is 6.79 Å². The molecule has 16 heavy (non-hydrogen) atoms. The summed E-state index contributed by atoms with van der Waals surface area (Å²) in [5.41, 5.74) is -0.0366. The molecule has 1 atom stereocenters. The molecule has 1 heterocycles. The molecule has 1 aromatic carbocycles. The van der Waals surface area contributed by atoms with Crippen LogP contribution in [0.5, 0.6) is 5.75 Å². The Kier molecular flexibility index (Phi) is 3.43. The maximum Gasteiger partial charge on any atom is 0.188 e. The standard InChI is InChI=1S/C12H16O4/c1-14-9-16-11-4-2-3-10(7-11)12(13)5-6-15-8-12/h2-4,7,13H,5-6,8-9H2,1H3. The summed E-state index contributed by atoms with van der Waals surface area (Å²) in [7, 11) is 1.57. The Labute approximate surface area is 94.8 Å². The molecule has 1 aliphatic rings. The van der Waals surface area contributed by atoms with Gasteiger partial charge in [0.25, 0.3) is 0 Å². The molecule has 0 saturated carbocycles. The van der Waals surface area contributed by atoms with Crippen LogP contribution in [0.2, 0.25) is 0 Å². The third-order valence-electron chi connectivity index (χ3n) is 2.72. The highest BCUT2D eigenvalue weighted by Gasteiger charge is 2.34. The summed E-state index contributed by atoms with van der Waals surface area (Å²) in [6.07, 6.45) is 0.626. The molecule has 2 rings (SSSR count). The molecule has 0 aliphatic carbocycles. The van der Waals surface area contributed by atoms with Gasteiger partial charge in [-0.15, -0.1) is 0 Å². The monoisotopic (exact) mass is 224 g/mol. The lowest BCUT2D eigenvalue weighted by Crippen LogP contribution is -2.25. The van der Waals surface area contributed by atoms with Crippen LogP contribution < -0.4 is 4.74 Å². The summed E-state index contributed by atoms with van der Waals surface area (Å²) >= 11 is 0. The predicted molar refractivity (Wildman–Crippen MR) is 58.3 cm³/mol. The smallest absolute Gasteiger partial charge is 0.188 e. The van der Waals surface area contributed by atoms with E-state index in [1.54, 1.807) is 7.11 Å². The van der Waals surface area contributed by atoms with Gasteiger partial charge in [0.2, 0.25) is 0 Å². The van der Waals surface area contributed by atoms with E-state index in [1.165, 1.54) is 0 Å². The van der Waals surface area contributed by atoms with Gasteiger partial charge in [0, 0.05) is 20.1 Å². The van der Waals surface area contributed by atoms with E-state index in [0.717, 1.165) is 5.56 Å². The van der Waals surface area contributed by atoms with Gasteiger partial charge >= 0.3 is 0 Å². The van der Waals surface area contributed by atoms with E-state index in [2.05, 4.69) is 0 Å². The first-order valence-corrected chi connectivity index (χ1v) is 5.27. The molecule has 88 valence electrons. The number of benzene rings is 1. The Balaban J connectivity index is 2.15. The van der Waals surface area contributed by atoms with Crippen molar-refractivity contribution in [1.82, 2.24) is 0 Å². The molecule has 1 N–H and O–H groups in total.